The molecule has 4 aromatic rings. The number of aryl methyl sites for hydroxylation is 1. The minimum absolute atomic E-state index is 0.727. The summed E-state index contributed by atoms with van der Waals surface area (Å²) in [5, 5.41) is 6.92. The van der Waals surface area contributed by atoms with E-state index in [1.807, 2.05) is 61.0 Å². The van der Waals surface area contributed by atoms with Crippen LogP contribution in [0.15, 0.2) is 91.8 Å². The topological polar surface area (TPSA) is 37.8 Å². The summed E-state index contributed by atoms with van der Waals surface area (Å²) < 4.78 is 0. The highest BCUT2D eigenvalue weighted by Crippen LogP contribution is 2.40. The number of benzene rings is 2. The number of hydrogen-bond donors (Lipinski definition) is 1. The van der Waals surface area contributed by atoms with Crippen LogP contribution in [0.4, 0.5) is 10.9 Å². The van der Waals surface area contributed by atoms with Crippen molar-refractivity contribution in [1.29, 1.82) is 0 Å². The van der Waals surface area contributed by atoms with Gasteiger partial charge < -0.3 is 5.32 Å². The Labute approximate surface area is 181 Å². The highest BCUT2D eigenvalue weighted by Gasteiger charge is 2.12. The fourth-order valence-corrected chi connectivity index (χ4v) is 5.23. The van der Waals surface area contributed by atoms with Crippen LogP contribution in [0.1, 0.15) is 5.69 Å². The van der Waals surface area contributed by atoms with Gasteiger partial charge in [-0.25, -0.2) is 9.97 Å². The van der Waals surface area contributed by atoms with Crippen molar-refractivity contribution >= 4 is 57.4 Å². The SMILES string of the molecule is Cc1csc(Nc2ncc(Sc3ccccc3)cc2Sc2ccccc2Cl)n1. The van der Waals surface area contributed by atoms with E-state index in [2.05, 4.69) is 33.5 Å². The van der Waals surface area contributed by atoms with Gasteiger partial charge in [0.25, 0.3) is 0 Å². The highest BCUT2D eigenvalue weighted by molar-refractivity contribution is 8.00. The van der Waals surface area contributed by atoms with E-state index in [1.165, 1.54) is 4.90 Å². The first kappa shape index (κ1) is 19.3. The second-order valence-corrected chi connectivity index (χ2v) is 9.38. The molecule has 28 heavy (non-hydrogen) atoms. The number of nitrogens with zero attached hydrogens (tertiary/aromatic N) is 2. The molecular weight excluding hydrogens is 426 g/mol. The number of anilines is 2. The van der Waals surface area contributed by atoms with Crippen LogP contribution in [0.5, 0.6) is 0 Å². The van der Waals surface area contributed by atoms with Gasteiger partial charge in [0, 0.05) is 26.3 Å². The summed E-state index contributed by atoms with van der Waals surface area (Å²) in [5.74, 6) is 0.775. The zero-order valence-electron chi connectivity index (χ0n) is 14.9. The van der Waals surface area contributed by atoms with E-state index in [9.17, 15) is 0 Å². The fraction of sp³-hybridized carbons (Fsp3) is 0.0476. The van der Waals surface area contributed by atoms with Gasteiger partial charge in [0.1, 0.15) is 5.82 Å². The van der Waals surface area contributed by atoms with Crippen LogP contribution in [0.2, 0.25) is 5.02 Å². The van der Waals surface area contributed by atoms with Gasteiger partial charge >= 0.3 is 0 Å². The molecular formula is C21H16ClN3S3. The van der Waals surface area contributed by atoms with Gasteiger partial charge in [0.05, 0.1) is 15.6 Å². The number of pyridine rings is 1. The summed E-state index contributed by atoms with van der Waals surface area (Å²) >= 11 is 11.2. The first-order valence-electron chi connectivity index (χ1n) is 8.52. The van der Waals surface area contributed by atoms with E-state index in [0.29, 0.717) is 0 Å². The summed E-state index contributed by atoms with van der Waals surface area (Å²) in [4.78, 5) is 13.4. The summed E-state index contributed by atoms with van der Waals surface area (Å²) in [7, 11) is 0. The Hall–Kier alpha value is -1.99. The minimum Gasteiger partial charge on any atom is -0.315 e. The largest absolute Gasteiger partial charge is 0.315 e. The smallest absolute Gasteiger partial charge is 0.188 e. The molecule has 7 heteroatoms. The molecule has 0 atom stereocenters. The van der Waals surface area contributed by atoms with E-state index in [4.69, 9.17) is 11.6 Å². The monoisotopic (exact) mass is 441 g/mol. The standard InChI is InChI=1S/C21H16ClN3S3/c1-14-13-26-21(24-14)25-20-19(28-18-10-6-5-9-17(18)22)11-16(12-23-20)27-15-7-3-2-4-8-15/h2-13H,1H3,(H,23,24,25). The molecule has 0 saturated heterocycles. The molecule has 2 heterocycles. The molecule has 0 aliphatic carbocycles. The Kier molecular flexibility index (Phi) is 6.22. The average molecular weight is 442 g/mol. The van der Waals surface area contributed by atoms with Gasteiger partial charge in [-0.2, -0.15) is 0 Å². The van der Waals surface area contributed by atoms with Crippen LogP contribution in [-0.4, -0.2) is 9.97 Å². The number of rotatable bonds is 6. The van der Waals surface area contributed by atoms with Crippen molar-refractivity contribution in [2.75, 3.05) is 5.32 Å². The molecule has 140 valence electrons. The fourth-order valence-electron chi connectivity index (χ4n) is 2.44. The van der Waals surface area contributed by atoms with Gasteiger partial charge in [-0.15, -0.1) is 11.3 Å². The third-order valence-corrected chi connectivity index (χ3v) is 7.10. The van der Waals surface area contributed by atoms with Crippen LogP contribution >= 0.6 is 46.5 Å². The normalized spacial score (nSPS) is 10.8. The molecule has 2 aromatic carbocycles. The minimum atomic E-state index is 0.727. The Balaban J connectivity index is 1.67. The van der Waals surface area contributed by atoms with Gasteiger partial charge in [-0.1, -0.05) is 65.5 Å². The lowest BCUT2D eigenvalue weighted by molar-refractivity contribution is 1.14. The molecule has 2 aromatic heterocycles. The van der Waals surface area contributed by atoms with Crippen molar-refractivity contribution in [1.82, 2.24) is 9.97 Å². The third-order valence-electron chi connectivity index (χ3n) is 3.71. The molecule has 0 saturated carbocycles. The molecule has 0 radical (unpaired) electrons. The zero-order valence-corrected chi connectivity index (χ0v) is 18.1. The molecule has 4 rings (SSSR count). The Morgan fingerprint density at radius 2 is 1.71 bits per heavy atom. The molecule has 0 unspecified atom stereocenters. The molecule has 1 N–H and O–H groups in total. The van der Waals surface area contributed by atoms with Crippen LogP contribution in [0.25, 0.3) is 0 Å². The lowest BCUT2D eigenvalue weighted by Crippen LogP contribution is -1.96. The van der Waals surface area contributed by atoms with Crippen molar-refractivity contribution in [3.05, 3.63) is 83.0 Å². The number of hydrogen-bond acceptors (Lipinski definition) is 6. The number of aromatic nitrogens is 2. The lowest BCUT2D eigenvalue weighted by atomic mass is 10.4. The van der Waals surface area contributed by atoms with E-state index < -0.39 is 0 Å². The molecule has 0 spiro atoms. The number of nitrogens with one attached hydrogen (secondary N) is 1. The van der Waals surface area contributed by atoms with Gasteiger partial charge in [-0.3, -0.25) is 0 Å². The molecule has 0 aliphatic heterocycles. The summed E-state index contributed by atoms with van der Waals surface area (Å²) in [6.45, 7) is 1.98. The second kappa shape index (κ2) is 9.01. The predicted molar refractivity (Wildman–Crippen MR) is 121 cm³/mol. The average Bonchev–Trinajstić information content (AvgIpc) is 3.11. The predicted octanol–water partition coefficient (Wildman–Crippen LogP) is 7.55. The van der Waals surface area contributed by atoms with E-state index in [1.54, 1.807) is 34.9 Å². The van der Waals surface area contributed by atoms with E-state index >= 15 is 0 Å². The highest BCUT2D eigenvalue weighted by atomic mass is 35.5. The summed E-state index contributed by atoms with van der Waals surface area (Å²) in [6, 6.07) is 20.3. The Bertz CT molecular complexity index is 1080. The van der Waals surface area contributed by atoms with Crippen LogP contribution in [0.3, 0.4) is 0 Å². The molecule has 0 aliphatic rings. The van der Waals surface area contributed by atoms with Crippen molar-refractivity contribution in [3.63, 3.8) is 0 Å². The molecule has 0 bridgehead atoms. The first-order chi connectivity index (χ1) is 13.7. The van der Waals surface area contributed by atoms with Crippen LogP contribution in [0, 0.1) is 6.92 Å². The number of thiazole rings is 1. The van der Waals surface area contributed by atoms with Crippen molar-refractivity contribution in [3.8, 4) is 0 Å². The Morgan fingerprint density at radius 3 is 2.46 bits per heavy atom. The maximum Gasteiger partial charge on any atom is 0.188 e. The third kappa shape index (κ3) is 4.89. The van der Waals surface area contributed by atoms with Gasteiger partial charge in [-0.05, 0) is 37.3 Å². The van der Waals surface area contributed by atoms with Crippen LogP contribution < -0.4 is 5.32 Å². The summed E-state index contributed by atoms with van der Waals surface area (Å²) in [6.07, 6.45) is 1.89. The number of halogens is 1. The molecule has 0 fully saturated rings. The Morgan fingerprint density at radius 1 is 0.929 bits per heavy atom. The van der Waals surface area contributed by atoms with Crippen molar-refractivity contribution < 1.29 is 0 Å². The summed E-state index contributed by atoms with van der Waals surface area (Å²) in [5.41, 5.74) is 0.990. The second-order valence-electron chi connectivity index (χ2n) is 5.88. The first-order valence-corrected chi connectivity index (χ1v) is 11.4. The van der Waals surface area contributed by atoms with Crippen molar-refractivity contribution in [2.24, 2.45) is 0 Å². The maximum absolute atomic E-state index is 6.38. The molecule has 0 amide bonds. The van der Waals surface area contributed by atoms with Crippen LogP contribution in [-0.2, 0) is 0 Å². The van der Waals surface area contributed by atoms with Gasteiger partial charge in [0.2, 0.25) is 0 Å². The quantitative estimate of drug-likeness (QED) is 0.334. The molecule has 3 nitrogen and oxygen atoms in total. The zero-order chi connectivity index (χ0) is 19.3. The lowest BCUT2D eigenvalue weighted by Gasteiger charge is -2.12. The van der Waals surface area contributed by atoms with Gasteiger partial charge in [0.15, 0.2) is 5.13 Å². The van der Waals surface area contributed by atoms with E-state index in [-0.39, 0.29) is 0 Å². The van der Waals surface area contributed by atoms with E-state index in [0.717, 1.165) is 36.4 Å². The maximum atomic E-state index is 6.38. The van der Waals surface area contributed by atoms with Crippen molar-refractivity contribution in [2.45, 2.75) is 26.5 Å².